The second kappa shape index (κ2) is 8.76. The first-order valence-electron chi connectivity index (χ1n) is 8.74. The van der Waals surface area contributed by atoms with Gasteiger partial charge in [0, 0.05) is 11.6 Å². The zero-order valence-electron chi connectivity index (χ0n) is 16.7. The summed E-state index contributed by atoms with van der Waals surface area (Å²) in [5.74, 6) is -21.8. The van der Waals surface area contributed by atoms with Crippen LogP contribution in [0.25, 0.3) is 11.1 Å². The molecular weight excluding hydrogens is 504 g/mol. The monoisotopic (exact) mass is 514 g/mol. The van der Waals surface area contributed by atoms with E-state index in [1.807, 2.05) is 0 Å². The van der Waals surface area contributed by atoms with Crippen LogP contribution in [-0.2, 0) is 10.1 Å². The van der Waals surface area contributed by atoms with Gasteiger partial charge in [-0.1, -0.05) is 0 Å². The lowest BCUT2D eigenvalue weighted by Crippen LogP contribution is -2.10. The van der Waals surface area contributed by atoms with Crippen LogP contribution in [0.2, 0.25) is 0 Å². The van der Waals surface area contributed by atoms with Crippen molar-refractivity contribution in [3.63, 3.8) is 0 Å². The average molecular weight is 514 g/mol. The fourth-order valence-corrected chi connectivity index (χ4v) is 3.52. The molecule has 0 radical (unpaired) electrons. The molecule has 0 aliphatic rings. The molecule has 0 saturated heterocycles. The highest BCUT2D eigenvalue weighted by Gasteiger charge is 2.34. The van der Waals surface area contributed by atoms with Crippen molar-refractivity contribution in [3.05, 3.63) is 70.3 Å². The Bertz CT molecular complexity index is 1380. The van der Waals surface area contributed by atoms with Gasteiger partial charge in [0.2, 0.25) is 17.4 Å². The Balaban J connectivity index is 2.29. The van der Waals surface area contributed by atoms with Crippen molar-refractivity contribution in [3.8, 4) is 28.4 Å². The Hall–Kier alpha value is -3.39. The SMILES string of the molecule is COc1ccc(Oc2c(F)c(F)c(-c3c(F)c(F)c(C)c(F)c3F)c(F)c2F)c(S(=O)(=O)O)c1. The van der Waals surface area contributed by atoms with Gasteiger partial charge in [0.25, 0.3) is 10.1 Å². The predicted octanol–water partition coefficient (Wildman–Crippen LogP) is 5.82. The largest absolute Gasteiger partial charge is 0.497 e. The Labute approximate surface area is 185 Å². The molecule has 5 nitrogen and oxygen atoms in total. The standard InChI is InChI=1S/C20H10F8O5S/c1-6-12(21)14(23)10(15(24)13(6)22)11-16(25)18(27)20(19(28)17(11)26)33-8-4-3-7(32-2)5-9(8)34(29,30)31/h3-5H,1-2H3,(H,29,30,31). The van der Waals surface area contributed by atoms with Crippen LogP contribution in [0, 0.1) is 53.5 Å². The van der Waals surface area contributed by atoms with Gasteiger partial charge < -0.3 is 9.47 Å². The predicted molar refractivity (Wildman–Crippen MR) is 99.2 cm³/mol. The van der Waals surface area contributed by atoms with Gasteiger partial charge in [0.15, 0.2) is 34.9 Å². The lowest BCUT2D eigenvalue weighted by Gasteiger charge is -2.16. The van der Waals surface area contributed by atoms with Gasteiger partial charge in [0.1, 0.15) is 16.4 Å². The summed E-state index contributed by atoms with van der Waals surface area (Å²) in [4.78, 5) is -1.13. The normalized spacial score (nSPS) is 11.6. The first kappa shape index (κ1) is 25.2. The van der Waals surface area contributed by atoms with Crippen LogP contribution in [0.3, 0.4) is 0 Å². The molecule has 0 heterocycles. The molecule has 0 aliphatic carbocycles. The Morgan fingerprint density at radius 3 is 1.59 bits per heavy atom. The van der Waals surface area contributed by atoms with Gasteiger partial charge in [-0.05, 0) is 19.1 Å². The molecule has 14 heteroatoms. The van der Waals surface area contributed by atoms with Crippen LogP contribution in [0.1, 0.15) is 5.56 Å². The van der Waals surface area contributed by atoms with Gasteiger partial charge in [-0.15, -0.1) is 0 Å². The third-order valence-corrected chi connectivity index (χ3v) is 5.47. The summed E-state index contributed by atoms with van der Waals surface area (Å²) in [5, 5.41) is 0. The second-order valence-corrected chi connectivity index (χ2v) is 8.00. The van der Waals surface area contributed by atoms with Gasteiger partial charge >= 0.3 is 0 Å². The van der Waals surface area contributed by atoms with E-state index >= 15 is 0 Å². The summed E-state index contributed by atoms with van der Waals surface area (Å²) in [6.07, 6.45) is 0. The molecule has 1 N–H and O–H groups in total. The first-order chi connectivity index (χ1) is 15.7. The van der Waals surface area contributed by atoms with Crippen LogP contribution in [0.15, 0.2) is 23.1 Å². The maximum Gasteiger partial charge on any atom is 0.298 e. The van der Waals surface area contributed by atoms with Crippen LogP contribution in [0.4, 0.5) is 35.1 Å². The fourth-order valence-electron chi connectivity index (χ4n) is 2.89. The minimum absolute atomic E-state index is 0.178. The van der Waals surface area contributed by atoms with E-state index in [9.17, 15) is 48.1 Å². The van der Waals surface area contributed by atoms with Gasteiger partial charge in [0.05, 0.1) is 18.2 Å². The first-order valence-corrected chi connectivity index (χ1v) is 10.2. The summed E-state index contributed by atoms with van der Waals surface area (Å²) < 4.78 is 156. The molecule has 0 bridgehead atoms. The van der Waals surface area contributed by atoms with E-state index in [1.54, 1.807) is 0 Å². The topological polar surface area (TPSA) is 72.8 Å². The molecule has 0 saturated carbocycles. The Morgan fingerprint density at radius 1 is 0.735 bits per heavy atom. The summed E-state index contributed by atoms with van der Waals surface area (Å²) in [6, 6.07) is 2.34. The van der Waals surface area contributed by atoms with Crippen LogP contribution in [-0.4, -0.2) is 20.1 Å². The lowest BCUT2D eigenvalue weighted by molar-refractivity contribution is 0.358. The maximum atomic E-state index is 14.6. The Morgan fingerprint density at radius 2 is 1.18 bits per heavy atom. The number of ether oxygens (including phenoxy) is 2. The van der Waals surface area contributed by atoms with Crippen molar-refractivity contribution >= 4 is 10.1 Å². The molecule has 0 aliphatic heterocycles. The van der Waals surface area contributed by atoms with Crippen molar-refractivity contribution in [2.45, 2.75) is 11.8 Å². The lowest BCUT2D eigenvalue weighted by atomic mass is 9.99. The third kappa shape index (κ3) is 4.03. The molecular formula is C20H10F8O5S. The molecule has 0 amide bonds. The van der Waals surface area contributed by atoms with Gasteiger partial charge in [-0.25, -0.2) is 26.3 Å². The van der Waals surface area contributed by atoms with Crippen molar-refractivity contribution in [1.82, 2.24) is 0 Å². The van der Waals surface area contributed by atoms with Crippen LogP contribution < -0.4 is 9.47 Å². The summed E-state index contributed by atoms with van der Waals surface area (Å²) in [6.45, 7) is 0.604. The van der Waals surface area contributed by atoms with Crippen molar-refractivity contribution in [2.24, 2.45) is 0 Å². The second-order valence-electron chi connectivity index (χ2n) is 6.61. The number of hydrogen-bond acceptors (Lipinski definition) is 4. The number of rotatable bonds is 5. The molecule has 182 valence electrons. The molecule has 0 fully saturated rings. The molecule has 34 heavy (non-hydrogen) atoms. The van der Waals surface area contributed by atoms with Crippen molar-refractivity contribution in [2.75, 3.05) is 7.11 Å². The molecule has 0 aromatic heterocycles. The van der Waals surface area contributed by atoms with E-state index in [0.717, 1.165) is 13.2 Å². The fraction of sp³-hybridized carbons (Fsp3) is 0.100. The van der Waals surface area contributed by atoms with Crippen molar-refractivity contribution in [1.29, 1.82) is 0 Å². The molecule has 3 rings (SSSR count). The zero-order chi connectivity index (χ0) is 25.7. The molecule has 3 aromatic carbocycles. The van der Waals surface area contributed by atoms with E-state index < -0.39 is 89.7 Å². The summed E-state index contributed by atoms with van der Waals surface area (Å²) >= 11 is 0. The highest BCUT2D eigenvalue weighted by molar-refractivity contribution is 7.86. The minimum atomic E-state index is -5.13. The third-order valence-electron chi connectivity index (χ3n) is 4.60. The van der Waals surface area contributed by atoms with Gasteiger partial charge in [-0.3, -0.25) is 4.55 Å². The van der Waals surface area contributed by atoms with Crippen molar-refractivity contribution < 1.29 is 57.6 Å². The maximum absolute atomic E-state index is 14.6. The number of halogens is 8. The smallest absolute Gasteiger partial charge is 0.298 e. The van der Waals surface area contributed by atoms with Crippen LogP contribution in [0.5, 0.6) is 17.2 Å². The minimum Gasteiger partial charge on any atom is -0.497 e. The van der Waals surface area contributed by atoms with E-state index in [2.05, 4.69) is 4.74 Å². The number of methoxy groups -OCH3 is 1. The van der Waals surface area contributed by atoms with E-state index in [4.69, 9.17) is 4.74 Å². The molecule has 0 atom stereocenters. The average Bonchev–Trinajstić information content (AvgIpc) is 2.79. The van der Waals surface area contributed by atoms with E-state index in [0.29, 0.717) is 19.1 Å². The Kier molecular flexibility index (Phi) is 6.50. The summed E-state index contributed by atoms with van der Waals surface area (Å²) in [7, 11) is -4.03. The molecule has 0 spiro atoms. The highest BCUT2D eigenvalue weighted by Crippen LogP contribution is 2.42. The van der Waals surface area contributed by atoms with Crippen LogP contribution >= 0.6 is 0 Å². The molecule has 3 aromatic rings. The van der Waals surface area contributed by atoms with E-state index in [1.165, 1.54) is 0 Å². The summed E-state index contributed by atoms with van der Waals surface area (Å²) in [5.41, 5.74) is -5.39. The van der Waals surface area contributed by atoms with Gasteiger partial charge in [-0.2, -0.15) is 17.2 Å². The number of benzene rings is 3. The highest BCUT2D eigenvalue weighted by atomic mass is 32.2. The zero-order valence-corrected chi connectivity index (χ0v) is 17.6. The molecule has 0 unspecified atom stereocenters. The van der Waals surface area contributed by atoms with E-state index in [-0.39, 0.29) is 5.75 Å². The quantitative estimate of drug-likeness (QED) is 0.264. The number of hydrogen-bond donors (Lipinski definition) is 1.